The SMILES string of the molecule is O=C(Oc1ccc(Cl)cc1/C=N/NC(=O)c1ccccc1O)c1ccccc1. The lowest BCUT2D eigenvalue weighted by Crippen LogP contribution is -2.17. The van der Waals surface area contributed by atoms with Gasteiger partial charge in [-0.25, -0.2) is 10.2 Å². The van der Waals surface area contributed by atoms with E-state index in [9.17, 15) is 14.7 Å². The first-order valence-corrected chi connectivity index (χ1v) is 8.60. The molecule has 28 heavy (non-hydrogen) atoms. The van der Waals surface area contributed by atoms with Crippen molar-refractivity contribution in [3.8, 4) is 11.5 Å². The number of halogens is 1. The number of para-hydroxylation sites is 1. The highest BCUT2D eigenvalue weighted by Crippen LogP contribution is 2.22. The number of rotatable bonds is 5. The number of amides is 1. The van der Waals surface area contributed by atoms with Gasteiger partial charge >= 0.3 is 5.97 Å². The first kappa shape index (κ1) is 19.1. The number of benzene rings is 3. The molecule has 3 aromatic rings. The third kappa shape index (κ3) is 4.75. The number of ether oxygens (including phenoxy) is 1. The summed E-state index contributed by atoms with van der Waals surface area (Å²) in [7, 11) is 0. The molecular weight excluding hydrogens is 380 g/mol. The second kappa shape index (κ2) is 8.83. The van der Waals surface area contributed by atoms with Crippen LogP contribution in [0.5, 0.6) is 11.5 Å². The zero-order valence-corrected chi connectivity index (χ0v) is 15.3. The van der Waals surface area contributed by atoms with Crippen LogP contribution in [0.15, 0.2) is 77.9 Å². The number of carbonyl (C=O) groups excluding carboxylic acids is 2. The van der Waals surface area contributed by atoms with Crippen LogP contribution in [0.3, 0.4) is 0 Å². The van der Waals surface area contributed by atoms with Gasteiger partial charge in [0.05, 0.1) is 17.3 Å². The minimum absolute atomic E-state index is 0.0847. The molecule has 0 fully saturated rings. The molecule has 1 amide bonds. The molecule has 0 aliphatic carbocycles. The lowest BCUT2D eigenvalue weighted by atomic mass is 10.2. The summed E-state index contributed by atoms with van der Waals surface area (Å²) in [5.74, 6) is -1.04. The van der Waals surface area contributed by atoms with Gasteiger partial charge in [0.25, 0.3) is 5.91 Å². The number of carbonyl (C=O) groups is 2. The number of phenols is 1. The molecule has 6 nitrogen and oxygen atoms in total. The average Bonchev–Trinajstić information content (AvgIpc) is 2.70. The summed E-state index contributed by atoms with van der Waals surface area (Å²) < 4.78 is 5.41. The van der Waals surface area contributed by atoms with E-state index in [4.69, 9.17) is 16.3 Å². The number of hydrogen-bond acceptors (Lipinski definition) is 5. The van der Waals surface area contributed by atoms with E-state index in [-0.39, 0.29) is 17.1 Å². The summed E-state index contributed by atoms with van der Waals surface area (Å²) in [6.07, 6.45) is 1.30. The lowest BCUT2D eigenvalue weighted by Gasteiger charge is -2.08. The molecule has 3 aromatic carbocycles. The molecule has 2 N–H and O–H groups in total. The maximum absolute atomic E-state index is 12.3. The number of phenolic OH excluding ortho intramolecular Hbond substituents is 1. The molecular formula is C21H15ClN2O4. The van der Waals surface area contributed by atoms with Gasteiger partial charge in [-0.15, -0.1) is 0 Å². The number of hydrazone groups is 1. The van der Waals surface area contributed by atoms with E-state index >= 15 is 0 Å². The van der Waals surface area contributed by atoms with Crippen molar-refractivity contribution in [2.24, 2.45) is 5.10 Å². The van der Waals surface area contributed by atoms with Crippen LogP contribution >= 0.6 is 11.6 Å². The first-order chi connectivity index (χ1) is 13.5. The van der Waals surface area contributed by atoms with Crippen LogP contribution in [-0.2, 0) is 0 Å². The molecule has 0 aliphatic heterocycles. The van der Waals surface area contributed by atoms with Crippen LogP contribution in [0.25, 0.3) is 0 Å². The Labute approximate surface area is 166 Å². The second-order valence-corrected chi connectivity index (χ2v) is 6.09. The van der Waals surface area contributed by atoms with Gasteiger partial charge in [-0.1, -0.05) is 41.9 Å². The molecule has 0 bridgehead atoms. The van der Waals surface area contributed by atoms with E-state index in [0.717, 1.165) is 0 Å². The molecule has 0 saturated heterocycles. The monoisotopic (exact) mass is 394 g/mol. The molecule has 0 unspecified atom stereocenters. The Kier molecular flexibility index (Phi) is 6.04. The maximum Gasteiger partial charge on any atom is 0.343 e. The van der Waals surface area contributed by atoms with Gasteiger partial charge in [0.2, 0.25) is 0 Å². The van der Waals surface area contributed by atoms with Crippen molar-refractivity contribution in [1.29, 1.82) is 0 Å². The zero-order chi connectivity index (χ0) is 19.9. The van der Waals surface area contributed by atoms with Crippen molar-refractivity contribution in [3.05, 3.63) is 94.5 Å². The first-order valence-electron chi connectivity index (χ1n) is 8.23. The van der Waals surface area contributed by atoms with Crippen LogP contribution in [-0.4, -0.2) is 23.2 Å². The van der Waals surface area contributed by atoms with Crippen molar-refractivity contribution >= 4 is 29.7 Å². The van der Waals surface area contributed by atoms with Crippen molar-refractivity contribution in [2.75, 3.05) is 0 Å². The third-order valence-corrected chi connectivity index (χ3v) is 3.94. The van der Waals surface area contributed by atoms with Gasteiger partial charge in [0.15, 0.2) is 0 Å². The Hall–Kier alpha value is -3.64. The molecule has 0 aromatic heterocycles. The molecule has 140 valence electrons. The number of esters is 1. The molecule has 0 aliphatic rings. The summed E-state index contributed by atoms with van der Waals surface area (Å²) in [5, 5.41) is 14.0. The minimum atomic E-state index is -0.584. The number of nitrogens with zero attached hydrogens (tertiary/aromatic N) is 1. The summed E-state index contributed by atoms with van der Waals surface area (Å²) in [4.78, 5) is 24.3. The normalized spacial score (nSPS) is 10.6. The van der Waals surface area contributed by atoms with Gasteiger partial charge in [-0.3, -0.25) is 4.79 Å². The van der Waals surface area contributed by atoms with E-state index in [0.29, 0.717) is 16.1 Å². The van der Waals surface area contributed by atoms with Crippen molar-refractivity contribution < 1.29 is 19.4 Å². The minimum Gasteiger partial charge on any atom is -0.507 e. The number of nitrogens with one attached hydrogen (secondary N) is 1. The lowest BCUT2D eigenvalue weighted by molar-refractivity contribution is 0.0734. The highest BCUT2D eigenvalue weighted by molar-refractivity contribution is 6.31. The van der Waals surface area contributed by atoms with Crippen molar-refractivity contribution in [2.45, 2.75) is 0 Å². The Morgan fingerprint density at radius 2 is 1.71 bits per heavy atom. The number of aromatic hydroxyl groups is 1. The van der Waals surface area contributed by atoms with E-state index in [1.54, 1.807) is 54.6 Å². The molecule has 7 heteroatoms. The van der Waals surface area contributed by atoms with E-state index in [1.807, 2.05) is 0 Å². The largest absolute Gasteiger partial charge is 0.507 e. The molecule has 0 atom stereocenters. The Morgan fingerprint density at radius 3 is 2.46 bits per heavy atom. The van der Waals surface area contributed by atoms with Crippen LogP contribution in [0.4, 0.5) is 0 Å². The highest BCUT2D eigenvalue weighted by atomic mass is 35.5. The summed E-state index contributed by atoms with van der Waals surface area (Å²) in [6.45, 7) is 0. The summed E-state index contributed by atoms with van der Waals surface area (Å²) >= 11 is 6.01. The molecule has 0 saturated carbocycles. The zero-order valence-electron chi connectivity index (χ0n) is 14.5. The molecule has 0 spiro atoms. The van der Waals surface area contributed by atoms with Crippen LogP contribution < -0.4 is 10.2 Å². The Balaban J connectivity index is 1.75. The van der Waals surface area contributed by atoms with E-state index < -0.39 is 11.9 Å². The fourth-order valence-corrected chi connectivity index (χ4v) is 2.51. The topological polar surface area (TPSA) is 88.0 Å². The second-order valence-electron chi connectivity index (χ2n) is 5.65. The quantitative estimate of drug-likeness (QED) is 0.296. The highest BCUT2D eigenvalue weighted by Gasteiger charge is 2.12. The van der Waals surface area contributed by atoms with E-state index in [1.165, 1.54) is 24.4 Å². The molecule has 0 radical (unpaired) electrons. The average molecular weight is 395 g/mol. The Morgan fingerprint density at radius 1 is 1.00 bits per heavy atom. The van der Waals surface area contributed by atoms with Gasteiger partial charge in [0.1, 0.15) is 11.5 Å². The molecule has 0 heterocycles. The van der Waals surface area contributed by atoms with Crippen LogP contribution in [0.2, 0.25) is 5.02 Å². The van der Waals surface area contributed by atoms with Crippen molar-refractivity contribution in [3.63, 3.8) is 0 Å². The van der Waals surface area contributed by atoms with Gasteiger partial charge < -0.3 is 9.84 Å². The van der Waals surface area contributed by atoms with Crippen LogP contribution in [0, 0.1) is 0 Å². The van der Waals surface area contributed by atoms with Crippen LogP contribution in [0.1, 0.15) is 26.3 Å². The third-order valence-electron chi connectivity index (χ3n) is 3.70. The summed E-state index contributed by atoms with van der Waals surface area (Å²) in [6, 6.07) is 19.3. The smallest absolute Gasteiger partial charge is 0.343 e. The summed E-state index contributed by atoms with van der Waals surface area (Å²) in [5.41, 5.74) is 3.19. The predicted molar refractivity (Wildman–Crippen MR) is 106 cm³/mol. The fraction of sp³-hybridized carbons (Fsp3) is 0. The fourth-order valence-electron chi connectivity index (χ4n) is 2.33. The Bertz CT molecular complexity index is 1040. The predicted octanol–water partition coefficient (Wildman–Crippen LogP) is 4.03. The maximum atomic E-state index is 12.3. The van der Waals surface area contributed by atoms with Gasteiger partial charge in [-0.05, 0) is 42.5 Å². The van der Waals surface area contributed by atoms with Crippen molar-refractivity contribution in [1.82, 2.24) is 5.43 Å². The standard InChI is InChI=1S/C21H15ClN2O4/c22-16-10-11-19(28-21(27)14-6-2-1-3-7-14)15(12-16)13-23-24-20(26)17-8-4-5-9-18(17)25/h1-13,25H,(H,24,26)/b23-13+. The number of hydrogen-bond donors (Lipinski definition) is 2. The van der Waals surface area contributed by atoms with E-state index in [2.05, 4.69) is 10.5 Å². The van der Waals surface area contributed by atoms with Gasteiger partial charge in [0, 0.05) is 10.6 Å². The van der Waals surface area contributed by atoms with Gasteiger partial charge in [-0.2, -0.15) is 5.10 Å². The molecule has 3 rings (SSSR count).